The summed E-state index contributed by atoms with van der Waals surface area (Å²) in [6, 6.07) is 5.40. The predicted octanol–water partition coefficient (Wildman–Crippen LogP) is 2.72. The van der Waals surface area contributed by atoms with E-state index in [0.29, 0.717) is 21.2 Å². The number of phenols is 1. The van der Waals surface area contributed by atoms with Gasteiger partial charge in [0.05, 0.1) is 35.4 Å². The lowest BCUT2D eigenvalue weighted by Gasteiger charge is -1.96. The van der Waals surface area contributed by atoms with Crippen molar-refractivity contribution in [2.45, 2.75) is 12.2 Å². The van der Waals surface area contributed by atoms with Gasteiger partial charge in [-0.1, -0.05) is 6.07 Å². The molecule has 1 N–H and O–H groups in total. The average molecular weight is 382 g/mol. The van der Waals surface area contributed by atoms with Crippen LogP contribution in [0.2, 0.25) is 0 Å². The van der Waals surface area contributed by atoms with Gasteiger partial charge in [0.2, 0.25) is 0 Å². The first-order valence-corrected chi connectivity index (χ1v) is 7.19. The first-order valence-electron chi connectivity index (χ1n) is 5.60. The van der Waals surface area contributed by atoms with E-state index in [1.54, 1.807) is 12.1 Å². The molecule has 1 aromatic rings. The maximum atomic E-state index is 9.11. The quantitative estimate of drug-likeness (QED) is 0.814. The summed E-state index contributed by atoms with van der Waals surface area (Å²) in [5, 5.41) is 9.11. The van der Waals surface area contributed by atoms with E-state index < -0.39 is 0 Å². The Balaban J connectivity index is 0.000000134. The number of benzene rings is 1. The van der Waals surface area contributed by atoms with Gasteiger partial charge in [0.25, 0.3) is 0 Å². The summed E-state index contributed by atoms with van der Waals surface area (Å²) in [5.74, 6) is 0.248. The highest BCUT2D eigenvalue weighted by molar-refractivity contribution is 9.11. The Kier molecular flexibility index (Phi) is 5.44. The third-order valence-electron chi connectivity index (χ3n) is 2.35. The zero-order chi connectivity index (χ0) is 13.0. The van der Waals surface area contributed by atoms with Crippen LogP contribution in [-0.4, -0.2) is 43.7 Å². The molecular formula is C12H14Br2O4. The van der Waals surface area contributed by atoms with Crippen molar-refractivity contribution in [2.24, 2.45) is 0 Å². The molecule has 0 aromatic heterocycles. The van der Waals surface area contributed by atoms with E-state index >= 15 is 0 Å². The molecule has 2 atom stereocenters. The molecule has 2 aliphatic rings. The standard InChI is InChI=1S/C6H4Br2O.C6H10O3/c7-4-2-1-3-5(8)6(4)9;1(5-3-8-5)7-2-6-4-9-6/h1-3,9H;5-6H,1-4H2. The summed E-state index contributed by atoms with van der Waals surface area (Å²) in [6.07, 6.45) is 0.785. The Morgan fingerprint density at radius 1 is 1.11 bits per heavy atom. The van der Waals surface area contributed by atoms with Crippen LogP contribution in [0.5, 0.6) is 5.75 Å². The lowest BCUT2D eigenvalue weighted by molar-refractivity contribution is 0.102. The van der Waals surface area contributed by atoms with E-state index in [9.17, 15) is 0 Å². The number of halogens is 2. The highest BCUT2D eigenvalue weighted by Gasteiger charge is 2.26. The summed E-state index contributed by atoms with van der Waals surface area (Å²) in [4.78, 5) is 0. The highest BCUT2D eigenvalue weighted by Crippen LogP contribution is 2.30. The van der Waals surface area contributed by atoms with Crippen LogP contribution >= 0.6 is 31.9 Å². The fraction of sp³-hybridized carbons (Fsp3) is 0.500. The number of aromatic hydroxyl groups is 1. The highest BCUT2D eigenvalue weighted by atomic mass is 79.9. The molecule has 2 saturated heterocycles. The molecule has 0 radical (unpaired) electrons. The lowest BCUT2D eigenvalue weighted by Crippen LogP contribution is -2.06. The van der Waals surface area contributed by atoms with E-state index in [-0.39, 0.29) is 5.75 Å². The van der Waals surface area contributed by atoms with Gasteiger partial charge in [-0.05, 0) is 44.0 Å². The molecule has 1 aromatic carbocycles. The van der Waals surface area contributed by atoms with Crippen molar-refractivity contribution in [3.05, 3.63) is 27.1 Å². The zero-order valence-electron chi connectivity index (χ0n) is 9.64. The van der Waals surface area contributed by atoms with Gasteiger partial charge >= 0.3 is 0 Å². The second kappa shape index (κ2) is 6.86. The van der Waals surface area contributed by atoms with Crippen LogP contribution in [0.1, 0.15) is 0 Å². The van der Waals surface area contributed by atoms with Gasteiger partial charge in [-0.3, -0.25) is 0 Å². The molecule has 0 amide bonds. The lowest BCUT2D eigenvalue weighted by atomic mass is 10.3. The normalized spacial score (nSPS) is 24.1. The van der Waals surface area contributed by atoms with Gasteiger partial charge in [0.1, 0.15) is 18.0 Å². The van der Waals surface area contributed by atoms with Gasteiger partial charge in [-0.15, -0.1) is 0 Å². The van der Waals surface area contributed by atoms with Crippen LogP contribution in [-0.2, 0) is 14.2 Å². The monoisotopic (exact) mass is 380 g/mol. The minimum Gasteiger partial charge on any atom is -0.506 e. The predicted molar refractivity (Wildman–Crippen MR) is 73.8 cm³/mol. The van der Waals surface area contributed by atoms with Gasteiger partial charge in [0.15, 0.2) is 0 Å². The number of hydrogen-bond donors (Lipinski definition) is 1. The van der Waals surface area contributed by atoms with Crippen molar-refractivity contribution in [3.8, 4) is 5.75 Å². The number of epoxide rings is 2. The Hall–Kier alpha value is -0.140. The summed E-state index contributed by atoms with van der Waals surface area (Å²) >= 11 is 6.33. The maximum absolute atomic E-state index is 9.11. The average Bonchev–Trinajstić information content (AvgIpc) is 3.20. The van der Waals surface area contributed by atoms with Crippen molar-refractivity contribution >= 4 is 31.9 Å². The second-order valence-electron chi connectivity index (χ2n) is 4.02. The molecule has 2 aliphatic heterocycles. The third kappa shape index (κ3) is 5.24. The minimum absolute atomic E-state index is 0.248. The molecule has 6 heteroatoms. The van der Waals surface area contributed by atoms with Crippen molar-refractivity contribution in [3.63, 3.8) is 0 Å². The number of hydrogen-bond acceptors (Lipinski definition) is 4. The van der Waals surface area contributed by atoms with Crippen molar-refractivity contribution < 1.29 is 19.3 Å². The van der Waals surface area contributed by atoms with Crippen LogP contribution in [0.4, 0.5) is 0 Å². The fourth-order valence-electron chi connectivity index (χ4n) is 1.15. The van der Waals surface area contributed by atoms with Crippen LogP contribution in [0.15, 0.2) is 27.1 Å². The third-order valence-corrected chi connectivity index (χ3v) is 3.63. The molecule has 0 saturated carbocycles. The van der Waals surface area contributed by atoms with Crippen LogP contribution in [0.3, 0.4) is 0 Å². The Bertz CT molecular complexity index is 359. The van der Waals surface area contributed by atoms with Crippen molar-refractivity contribution in [2.75, 3.05) is 26.4 Å². The zero-order valence-corrected chi connectivity index (χ0v) is 12.8. The van der Waals surface area contributed by atoms with Gasteiger partial charge in [0, 0.05) is 0 Å². The molecule has 0 spiro atoms. The molecule has 2 unspecified atom stereocenters. The molecule has 4 nitrogen and oxygen atoms in total. The van der Waals surface area contributed by atoms with E-state index in [1.165, 1.54) is 0 Å². The topological polar surface area (TPSA) is 54.5 Å². The van der Waals surface area contributed by atoms with E-state index in [0.717, 1.165) is 26.4 Å². The Morgan fingerprint density at radius 2 is 1.56 bits per heavy atom. The molecular weight excluding hydrogens is 368 g/mol. The molecule has 100 valence electrons. The first-order chi connectivity index (χ1) is 8.66. The number of ether oxygens (including phenoxy) is 3. The maximum Gasteiger partial charge on any atom is 0.143 e. The molecule has 0 aliphatic carbocycles. The van der Waals surface area contributed by atoms with Crippen LogP contribution in [0.25, 0.3) is 0 Å². The minimum atomic E-state index is 0.248. The Labute approximate surface area is 122 Å². The first kappa shape index (κ1) is 14.3. The van der Waals surface area contributed by atoms with Gasteiger partial charge < -0.3 is 19.3 Å². The smallest absolute Gasteiger partial charge is 0.143 e. The Morgan fingerprint density at radius 3 is 1.89 bits per heavy atom. The molecule has 2 fully saturated rings. The van der Waals surface area contributed by atoms with Crippen molar-refractivity contribution in [1.29, 1.82) is 0 Å². The van der Waals surface area contributed by atoms with E-state index in [1.807, 2.05) is 6.07 Å². The van der Waals surface area contributed by atoms with E-state index in [4.69, 9.17) is 19.3 Å². The van der Waals surface area contributed by atoms with Crippen molar-refractivity contribution in [1.82, 2.24) is 0 Å². The van der Waals surface area contributed by atoms with E-state index in [2.05, 4.69) is 31.9 Å². The summed E-state index contributed by atoms with van der Waals surface area (Å²) < 4.78 is 16.5. The molecule has 3 rings (SSSR count). The molecule has 18 heavy (non-hydrogen) atoms. The van der Waals surface area contributed by atoms with Crippen LogP contribution < -0.4 is 0 Å². The summed E-state index contributed by atoms with van der Waals surface area (Å²) in [6.45, 7) is 3.26. The van der Waals surface area contributed by atoms with Crippen LogP contribution in [0, 0.1) is 0 Å². The summed E-state index contributed by atoms with van der Waals surface area (Å²) in [7, 11) is 0. The number of para-hydroxylation sites is 1. The van der Waals surface area contributed by atoms with Gasteiger partial charge in [-0.25, -0.2) is 0 Å². The second-order valence-corrected chi connectivity index (χ2v) is 5.73. The SMILES string of the molecule is C(OCC1CO1)C1CO1.Oc1c(Br)cccc1Br. The summed E-state index contributed by atoms with van der Waals surface area (Å²) in [5.41, 5.74) is 0. The fourth-order valence-corrected chi connectivity index (χ4v) is 2.15. The number of phenolic OH excluding ortho intramolecular Hbond substituents is 1. The number of rotatable bonds is 4. The molecule has 0 bridgehead atoms. The molecule has 2 heterocycles. The largest absolute Gasteiger partial charge is 0.506 e. The van der Waals surface area contributed by atoms with Gasteiger partial charge in [-0.2, -0.15) is 0 Å².